The number of hydrogen-bond acceptors (Lipinski definition) is 8. The number of nitrogens with one attached hydrogen (secondary N) is 2. The molecule has 0 spiro atoms. The van der Waals surface area contributed by atoms with Crippen LogP contribution in [-0.4, -0.2) is 34.3 Å². The van der Waals surface area contributed by atoms with Gasteiger partial charge in [0.2, 0.25) is 5.95 Å². The van der Waals surface area contributed by atoms with Crippen LogP contribution in [0.5, 0.6) is 5.75 Å². The Morgan fingerprint density at radius 2 is 2.08 bits per heavy atom. The molecule has 1 heterocycles. The number of rotatable bonds is 7. The van der Waals surface area contributed by atoms with E-state index in [0.29, 0.717) is 0 Å². The van der Waals surface area contributed by atoms with Gasteiger partial charge in [0, 0.05) is 13.1 Å². The number of hydrogen-bond donors (Lipinski definition) is 4. The van der Waals surface area contributed by atoms with Gasteiger partial charge >= 0.3 is 0 Å². The molecule has 0 bridgehead atoms. The number of aliphatic hydroxyl groups is 1. The van der Waals surface area contributed by atoms with Crippen molar-refractivity contribution in [3.63, 3.8) is 0 Å². The van der Waals surface area contributed by atoms with Crippen LogP contribution in [0.4, 0.5) is 31.9 Å². The summed E-state index contributed by atoms with van der Waals surface area (Å²) in [4.78, 5) is 7.35. The highest BCUT2D eigenvalue weighted by Crippen LogP contribution is 2.34. The lowest BCUT2D eigenvalue weighted by Crippen LogP contribution is -2.28. The van der Waals surface area contributed by atoms with Gasteiger partial charge in [-0.1, -0.05) is 5.22 Å². The Labute approximate surface area is 148 Å². The van der Waals surface area contributed by atoms with Crippen molar-refractivity contribution in [2.24, 2.45) is 5.22 Å². The van der Waals surface area contributed by atoms with Crippen molar-refractivity contribution >= 4 is 23.1 Å². The first-order valence-corrected chi connectivity index (χ1v) is 7.45. The van der Waals surface area contributed by atoms with Gasteiger partial charge in [-0.25, -0.2) is 18.8 Å². The van der Waals surface area contributed by atoms with Gasteiger partial charge in [0.15, 0.2) is 17.5 Å². The fraction of sp³-hybridized carbons (Fsp3) is 0.333. The first kappa shape index (κ1) is 19.2. The first-order valence-electron chi connectivity index (χ1n) is 7.45. The first-order chi connectivity index (χ1) is 12.1. The van der Waals surface area contributed by atoms with E-state index >= 15 is 0 Å². The smallest absolute Gasteiger partial charge is 0.229 e. The lowest BCUT2D eigenvalue weighted by atomic mass is 10.1. The second kappa shape index (κ2) is 7.44. The van der Waals surface area contributed by atoms with Crippen LogP contribution in [0.3, 0.4) is 0 Å². The Bertz CT molecular complexity index is 811. The van der Waals surface area contributed by atoms with Crippen molar-refractivity contribution in [1.82, 2.24) is 9.97 Å². The molecule has 0 radical (unpaired) electrons. The van der Waals surface area contributed by atoms with Crippen molar-refractivity contribution < 1.29 is 18.6 Å². The molecule has 0 aliphatic carbocycles. The van der Waals surface area contributed by atoms with Crippen molar-refractivity contribution in [2.75, 3.05) is 29.7 Å². The molecule has 0 unspecified atom stereocenters. The molecule has 140 valence electrons. The predicted molar refractivity (Wildman–Crippen MR) is 91.4 cm³/mol. The van der Waals surface area contributed by atoms with E-state index in [-0.39, 0.29) is 35.5 Å². The molecular weight excluding hydrogens is 348 g/mol. The molecule has 0 fully saturated rings. The van der Waals surface area contributed by atoms with E-state index in [0.717, 1.165) is 17.3 Å². The molecule has 9 nitrogen and oxygen atoms in total. The molecule has 1 aromatic carbocycles. The average Bonchev–Trinajstić information content (AvgIpc) is 2.56. The summed E-state index contributed by atoms with van der Waals surface area (Å²) in [5.41, 5.74) is 11.6. The van der Waals surface area contributed by atoms with Gasteiger partial charge in [-0.2, -0.15) is 10.5 Å². The second-order valence-electron chi connectivity index (χ2n) is 6.08. The average molecular weight is 367 g/mol. The number of ether oxygens (including phenoxy) is 1. The predicted octanol–water partition coefficient (Wildman–Crippen LogP) is 2.61. The summed E-state index contributed by atoms with van der Waals surface area (Å²) >= 11 is 0. The quantitative estimate of drug-likeness (QED) is 0.437. The number of anilines is 4. The van der Waals surface area contributed by atoms with E-state index < -0.39 is 17.2 Å². The van der Waals surface area contributed by atoms with Crippen LogP contribution >= 0.6 is 0 Å². The highest BCUT2D eigenvalue weighted by atomic mass is 19.1. The van der Waals surface area contributed by atoms with E-state index in [1.807, 2.05) is 0 Å². The SMILES string of the molecule is CN(N=N)c1cc(Nc2ncc(F)c(N)n2)c(F)cc1OCC(C)(C)O. The summed E-state index contributed by atoms with van der Waals surface area (Å²) in [6, 6.07) is 2.38. The van der Waals surface area contributed by atoms with E-state index in [1.165, 1.54) is 27.0 Å². The van der Waals surface area contributed by atoms with Gasteiger partial charge in [-0.05, 0) is 19.9 Å². The molecule has 2 rings (SSSR count). The zero-order chi connectivity index (χ0) is 19.5. The highest BCUT2D eigenvalue weighted by molar-refractivity contribution is 5.68. The fourth-order valence-electron chi connectivity index (χ4n) is 1.88. The Hall–Kier alpha value is -3.08. The summed E-state index contributed by atoms with van der Waals surface area (Å²) in [6.45, 7) is 2.97. The van der Waals surface area contributed by atoms with Gasteiger partial charge in [-0.3, -0.25) is 0 Å². The zero-order valence-corrected chi connectivity index (χ0v) is 14.4. The third-order valence-corrected chi connectivity index (χ3v) is 3.15. The van der Waals surface area contributed by atoms with E-state index in [1.54, 1.807) is 0 Å². The maximum absolute atomic E-state index is 14.4. The standard InChI is InChI=1S/C15H19F2N7O2/c1-15(2,25)7-26-12-4-8(16)10(5-11(12)24(3)23-19)21-14-20-6-9(17)13(18)22-14/h4-6,19,25H,7H2,1-3H3,(H3,18,20,21,22). The topological polar surface area (TPSA) is 133 Å². The molecule has 11 heteroatoms. The lowest BCUT2D eigenvalue weighted by Gasteiger charge is -2.22. The zero-order valence-electron chi connectivity index (χ0n) is 14.4. The Balaban J connectivity index is 2.38. The monoisotopic (exact) mass is 367 g/mol. The number of benzene rings is 1. The van der Waals surface area contributed by atoms with Crippen molar-refractivity contribution in [2.45, 2.75) is 19.4 Å². The van der Waals surface area contributed by atoms with Crippen LogP contribution in [0.25, 0.3) is 0 Å². The third kappa shape index (κ3) is 4.72. The van der Waals surface area contributed by atoms with Crippen molar-refractivity contribution in [3.05, 3.63) is 30.0 Å². The maximum atomic E-state index is 14.4. The van der Waals surface area contributed by atoms with Gasteiger partial charge in [0.1, 0.15) is 18.0 Å². The maximum Gasteiger partial charge on any atom is 0.229 e. The number of nitrogen functional groups attached to an aromatic ring is 1. The summed E-state index contributed by atoms with van der Waals surface area (Å²) in [7, 11) is 1.47. The molecule has 0 atom stereocenters. The van der Waals surface area contributed by atoms with Crippen LogP contribution in [0, 0.1) is 17.2 Å². The van der Waals surface area contributed by atoms with Crippen molar-refractivity contribution in [1.29, 1.82) is 5.53 Å². The van der Waals surface area contributed by atoms with E-state index in [4.69, 9.17) is 16.0 Å². The molecular formula is C15H19F2N7O2. The summed E-state index contributed by atoms with van der Waals surface area (Å²) in [5.74, 6) is -1.92. The van der Waals surface area contributed by atoms with Gasteiger partial charge < -0.3 is 20.9 Å². The van der Waals surface area contributed by atoms with Gasteiger partial charge in [0.05, 0.1) is 17.5 Å². The lowest BCUT2D eigenvalue weighted by molar-refractivity contribution is 0.0285. The summed E-state index contributed by atoms with van der Waals surface area (Å²) in [6.07, 6.45) is 0.857. The number of halogens is 2. The van der Waals surface area contributed by atoms with Crippen LogP contribution in [-0.2, 0) is 0 Å². The molecule has 0 amide bonds. The van der Waals surface area contributed by atoms with Crippen LogP contribution < -0.4 is 20.8 Å². The largest absolute Gasteiger partial charge is 0.488 e. The molecule has 0 saturated carbocycles. The molecule has 2 aromatic rings. The van der Waals surface area contributed by atoms with E-state index in [9.17, 15) is 13.9 Å². The number of aromatic nitrogens is 2. The van der Waals surface area contributed by atoms with Crippen molar-refractivity contribution in [3.8, 4) is 5.75 Å². The Morgan fingerprint density at radius 3 is 2.65 bits per heavy atom. The molecule has 1 aromatic heterocycles. The minimum atomic E-state index is -1.14. The minimum absolute atomic E-state index is 0.0582. The number of nitrogens with zero attached hydrogens (tertiary/aromatic N) is 4. The third-order valence-electron chi connectivity index (χ3n) is 3.15. The molecule has 26 heavy (non-hydrogen) atoms. The fourth-order valence-corrected chi connectivity index (χ4v) is 1.88. The highest BCUT2D eigenvalue weighted by Gasteiger charge is 2.19. The van der Waals surface area contributed by atoms with Crippen LogP contribution in [0.2, 0.25) is 0 Å². The normalized spacial score (nSPS) is 11.2. The Morgan fingerprint density at radius 1 is 1.38 bits per heavy atom. The molecule has 0 aliphatic rings. The molecule has 0 aliphatic heterocycles. The van der Waals surface area contributed by atoms with Gasteiger partial charge in [0.25, 0.3) is 0 Å². The van der Waals surface area contributed by atoms with E-state index in [2.05, 4.69) is 20.5 Å². The molecule has 0 saturated heterocycles. The Kier molecular flexibility index (Phi) is 5.50. The van der Waals surface area contributed by atoms with Gasteiger partial charge in [-0.15, -0.1) is 0 Å². The summed E-state index contributed by atoms with van der Waals surface area (Å²) in [5, 5.41) is 16.7. The summed E-state index contributed by atoms with van der Waals surface area (Å²) < 4.78 is 33.0. The molecule has 5 N–H and O–H groups in total. The van der Waals surface area contributed by atoms with Crippen LogP contribution in [0.15, 0.2) is 23.6 Å². The second-order valence-corrected chi connectivity index (χ2v) is 6.08. The number of nitrogens with two attached hydrogens (primary N) is 1. The minimum Gasteiger partial charge on any atom is -0.488 e. The van der Waals surface area contributed by atoms with Crippen LogP contribution in [0.1, 0.15) is 13.8 Å².